The predicted molar refractivity (Wildman–Crippen MR) is 81.4 cm³/mol. The highest BCUT2D eigenvalue weighted by molar-refractivity contribution is 6.31. The second kappa shape index (κ2) is 7.25. The predicted octanol–water partition coefficient (Wildman–Crippen LogP) is 2.46. The van der Waals surface area contributed by atoms with E-state index >= 15 is 0 Å². The van der Waals surface area contributed by atoms with E-state index in [4.69, 9.17) is 11.6 Å². The molecule has 0 saturated carbocycles. The fourth-order valence-corrected chi connectivity index (χ4v) is 2.86. The highest BCUT2D eigenvalue weighted by Crippen LogP contribution is 2.16. The molecule has 0 bridgehead atoms. The normalized spacial score (nSPS) is 23.2. The molecule has 3 nitrogen and oxygen atoms in total. The molecule has 4 heteroatoms. The molecule has 2 atom stereocenters. The van der Waals surface area contributed by atoms with E-state index in [2.05, 4.69) is 41.9 Å². The lowest BCUT2D eigenvalue weighted by molar-refractivity contribution is 0.293. The highest BCUT2D eigenvalue weighted by atomic mass is 35.5. The van der Waals surface area contributed by atoms with Gasteiger partial charge in [-0.15, -0.1) is 0 Å². The number of hydrogen-bond acceptors (Lipinski definition) is 3. The molecule has 1 aromatic rings. The Morgan fingerprint density at radius 1 is 1.32 bits per heavy atom. The van der Waals surface area contributed by atoms with Gasteiger partial charge >= 0.3 is 0 Å². The van der Waals surface area contributed by atoms with Crippen molar-refractivity contribution in [3.05, 3.63) is 34.9 Å². The van der Waals surface area contributed by atoms with Crippen molar-refractivity contribution in [2.45, 2.75) is 38.3 Å². The molecule has 106 valence electrons. The Kier molecular flexibility index (Phi) is 5.64. The average Bonchev–Trinajstić information content (AvgIpc) is 2.77. The zero-order chi connectivity index (χ0) is 13.7. The van der Waals surface area contributed by atoms with Crippen LogP contribution in [0.3, 0.4) is 0 Å². The molecule has 0 aliphatic carbocycles. The third kappa shape index (κ3) is 4.77. The Balaban J connectivity index is 1.66. The first kappa shape index (κ1) is 14.8. The minimum Gasteiger partial charge on any atom is -0.305 e. The lowest BCUT2D eigenvalue weighted by atomic mass is 10.1. The first-order valence-electron chi connectivity index (χ1n) is 7.08. The molecular formula is C15H24ClN3. The maximum atomic E-state index is 6.16. The van der Waals surface area contributed by atoms with Crippen molar-refractivity contribution >= 4 is 11.6 Å². The van der Waals surface area contributed by atoms with E-state index in [-0.39, 0.29) is 0 Å². The van der Waals surface area contributed by atoms with E-state index in [9.17, 15) is 0 Å². The molecule has 1 aliphatic rings. The summed E-state index contributed by atoms with van der Waals surface area (Å²) in [7, 11) is 2.19. The number of benzene rings is 1. The molecule has 0 radical (unpaired) electrons. The zero-order valence-corrected chi connectivity index (χ0v) is 12.6. The van der Waals surface area contributed by atoms with Crippen LogP contribution in [0.2, 0.25) is 5.02 Å². The number of aryl methyl sites for hydroxylation is 1. The average molecular weight is 282 g/mol. The topological polar surface area (TPSA) is 27.3 Å². The molecule has 1 aromatic carbocycles. The molecular weight excluding hydrogens is 258 g/mol. The largest absolute Gasteiger partial charge is 0.305 e. The summed E-state index contributed by atoms with van der Waals surface area (Å²) in [5.41, 5.74) is 7.87. The van der Waals surface area contributed by atoms with Crippen LogP contribution in [0.1, 0.15) is 25.3 Å². The first-order valence-corrected chi connectivity index (χ1v) is 7.46. The molecule has 1 fully saturated rings. The van der Waals surface area contributed by atoms with E-state index in [1.54, 1.807) is 0 Å². The van der Waals surface area contributed by atoms with Crippen LogP contribution in [0.15, 0.2) is 24.3 Å². The van der Waals surface area contributed by atoms with Gasteiger partial charge in [0.15, 0.2) is 0 Å². The van der Waals surface area contributed by atoms with Crippen molar-refractivity contribution in [1.29, 1.82) is 0 Å². The summed E-state index contributed by atoms with van der Waals surface area (Å²) < 4.78 is 0. The van der Waals surface area contributed by atoms with Crippen molar-refractivity contribution < 1.29 is 0 Å². The Hall–Kier alpha value is -0.610. The Morgan fingerprint density at radius 2 is 2.11 bits per heavy atom. The highest BCUT2D eigenvalue weighted by Gasteiger charge is 2.20. The van der Waals surface area contributed by atoms with E-state index < -0.39 is 0 Å². The van der Waals surface area contributed by atoms with Crippen LogP contribution >= 0.6 is 11.6 Å². The van der Waals surface area contributed by atoms with Gasteiger partial charge in [-0.05, 0) is 51.4 Å². The monoisotopic (exact) mass is 281 g/mol. The second-order valence-electron chi connectivity index (χ2n) is 5.58. The molecule has 1 saturated heterocycles. The molecule has 2 rings (SSSR count). The minimum atomic E-state index is 0.570. The SMILES string of the molecule is CC1CC(CN(C)CCCc2ccccc2Cl)NN1. The number of hydrazine groups is 1. The van der Waals surface area contributed by atoms with Crippen LogP contribution in [0, 0.1) is 0 Å². The van der Waals surface area contributed by atoms with Gasteiger partial charge in [-0.1, -0.05) is 29.8 Å². The standard InChI is InChI=1S/C15H24ClN3/c1-12-10-14(18-17-12)11-19(2)9-5-7-13-6-3-4-8-15(13)16/h3-4,6,8,12,14,17-18H,5,7,9-11H2,1-2H3. The molecule has 0 amide bonds. The summed E-state index contributed by atoms with van der Waals surface area (Å²) in [5.74, 6) is 0. The van der Waals surface area contributed by atoms with Crippen molar-refractivity contribution in [3.8, 4) is 0 Å². The van der Waals surface area contributed by atoms with Gasteiger partial charge in [-0.25, -0.2) is 0 Å². The molecule has 19 heavy (non-hydrogen) atoms. The third-order valence-electron chi connectivity index (χ3n) is 3.65. The summed E-state index contributed by atoms with van der Waals surface area (Å²) in [6, 6.07) is 9.28. The number of halogens is 1. The van der Waals surface area contributed by atoms with Crippen LogP contribution in [-0.4, -0.2) is 37.1 Å². The maximum absolute atomic E-state index is 6.16. The van der Waals surface area contributed by atoms with Crippen LogP contribution < -0.4 is 10.9 Å². The molecule has 2 N–H and O–H groups in total. The van der Waals surface area contributed by atoms with Crippen molar-refractivity contribution in [1.82, 2.24) is 15.8 Å². The number of rotatable bonds is 6. The van der Waals surface area contributed by atoms with Crippen LogP contribution in [0.4, 0.5) is 0 Å². The van der Waals surface area contributed by atoms with Crippen molar-refractivity contribution in [2.24, 2.45) is 0 Å². The number of hydrogen-bond donors (Lipinski definition) is 2. The summed E-state index contributed by atoms with van der Waals surface area (Å²) >= 11 is 6.16. The molecule has 1 heterocycles. The van der Waals surface area contributed by atoms with E-state index in [0.717, 1.165) is 31.0 Å². The summed E-state index contributed by atoms with van der Waals surface area (Å²) in [6.07, 6.45) is 3.40. The van der Waals surface area contributed by atoms with Crippen molar-refractivity contribution in [2.75, 3.05) is 20.1 Å². The smallest absolute Gasteiger partial charge is 0.0437 e. The molecule has 0 spiro atoms. The van der Waals surface area contributed by atoms with Gasteiger partial charge in [0.2, 0.25) is 0 Å². The fraction of sp³-hybridized carbons (Fsp3) is 0.600. The van der Waals surface area contributed by atoms with Gasteiger partial charge in [0.25, 0.3) is 0 Å². The lowest BCUT2D eigenvalue weighted by Crippen LogP contribution is -2.39. The van der Waals surface area contributed by atoms with Gasteiger partial charge in [-0.2, -0.15) is 0 Å². The number of likely N-dealkylation sites (N-methyl/N-ethyl adjacent to an activating group) is 1. The van der Waals surface area contributed by atoms with E-state index in [1.807, 2.05) is 12.1 Å². The molecule has 0 aromatic heterocycles. The van der Waals surface area contributed by atoms with Crippen molar-refractivity contribution in [3.63, 3.8) is 0 Å². The van der Waals surface area contributed by atoms with Gasteiger partial charge in [0.05, 0.1) is 0 Å². The Bertz CT molecular complexity index is 397. The maximum Gasteiger partial charge on any atom is 0.0437 e. The van der Waals surface area contributed by atoms with Gasteiger partial charge in [0, 0.05) is 23.7 Å². The van der Waals surface area contributed by atoms with Gasteiger partial charge in [0.1, 0.15) is 0 Å². The molecule has 1 aliphatic heterocycles. The molecule has 2 unspecified atom stereocenters. The fourth-order valence-electron chi connectivity index (χ4n) is 2.63. The minimum absolute atomic E-state index is 0.570. The van der Waals surface area contributed by atoms with E-state index in [0.29, 0.717) is 12.1 Å². The third-order valence-corrected chi connectivity index (χ3v) is 4.02. The Morgan fingerprint density at radius 3 is 2.79 bits per heavy atom. The van der Waals surface area contributed by atoms with E-state index in [1.165, 1.54) is 12.0 Å². The number of nitrogens with zero attached hydrogens (tertiary/aromatic N) is 1. The van der Waals surface area contributed by atoms with Crippen LogP contribution in [0.25, 0.3) is 0 Å². The van der Waals surface area contributed by atoms with Gasteiger partial charge in [-0.3, -0.25) is 10.9 Å². The van der Waals surface area contributed by atoms with Gasteiger partial charge < -0.3 is 4.90 Å². The Labute approximate surface area is 121 Å². The summed E-state index contributed by atoms with van der Waals surface area (Å²) in [4.78, 5) is 2.40. The lowest BCUT2D eigenvalue weighted by Gasteiger charge is -2.20. The summed E-state index contributed by atoms with van der Waals surface area (Å²) in [5, 5.41) is 0.889. The van der Waals surface area contributed by atoms with Crippen LogP contribution in [0.5, 0.6) is 0 Å². The second-order valence-corrected chi connectivity index (χ2v) is 5.99. The zero-order valence-electron chi connectivity index (χ0n) is 11.8. The first-order chi connectivity index (χ1) is 9.15. The number of nitrogens with one attached hydrogen (secondary N) is 2. The van der Waals surface area contributed by atoms with Crippen LogP contribution in [-0.2, 0) is 6.42 Å². The quantitative estimate of drug-likeness (QED) is 0.839. The summed E-state index contributed by atoms with van der Waals surface area (Å²) in [6.45, 7) is 4.42.